The Labute approximate surface area is 116 Å². The van der Waals surface area contributed by atoms with Gasteiger partial charge in [0.05, 0.1) is 25.6 Å². The first kappa shape index (κ1) is 12.6. The zero-order valence-corrected chi connectivity index (χ0v) is 11.8. The van der Waals surface area contributed by atoms with Crippen LogP contribution in [0.2, 0.25) is 5.28 Å². The van der Waals surface area contributed by atoms with Crippen molar-refractivity contribution in [3.8, 4) is 0 Å². The molecule has 0 radical (unpaired) electrons. The van der Waals surface area contributed by atoms with Crippen LogP contribution in [-0.4, -0.2) is 45.3 Å². The van der Waals surface area contributed by atoms with E-state index in [1.165, 1.54) is 0 Å². The Hall–Kier alpha value is -1.40. The average Bonchev–Trinajstić information content (AvgIpc) is 2.81. The normalized spacial score (nSPS) is 20.2. The largest absolute Gasteiger partial charge is 0.377 e. The topological polar surface area (TPSA) is 56.1 Å². The summed E-state index contributed by atoms with van der Waals surface area (Å²) in [6.45, 7) is 7.15. The van der Waals surface area contributed by atoms with Gasteiger partial charge in [-0.1, -0.05) is 0 Å². The van der Waals surface area contributed by atoms with E-state index in [-0.39, 0.29) is 11.3 Å². The Bertz CT molecular complexity index is 599. The lowest BCUT2D eigenvalue weighted by atomic mass is 10.2. The molecule has 0 unspecified atom stereocenters. The predicted octanol–water partition coefficient (Wildman–Crippen LogP) is 1.72. The van der Waals surface area contributed by atoms with E-state index in [2.05, 4.69) is 26.8 Å². The van der Waals surface area contributed by atoms with E-state index in [0.29, 0.717) is 13.2 Å². The molecule has 0 saturated carbocycles. The van der Waals surface area contributed by atoms with Crippen LogP contribution in [0.25, 0.3) is 11.2 Å². The minimum Gasteiger partial charge on any atom is -0.377 e. The Balaban J connectivity index is 2.14. The number of nitrogens with zero attached hydrogens (tertiary/aromatic N) is 5. The fourth-order valence-corrected chi connectivity index (χ4v) is 2.54. The second-order valence-electron chi connectivity index (χ2n) is 4.64. The van der Waals surface area contributed by atoms with E-state index in [1.807, 2.05) is 11.5 Å². The number of hydrogen-bond donors (Lipinski definition) is 0. The summed E-state index contributed by atoms with van der Waals surface area (Å²) < 4.78 is 7.43. The van der Waals surface area contributed by atoms with Gasteiger partial charge in [-0.2, -0.15) is 9.97 Å². The number of fused-ring (bicyclic) bond motifs is 1. The summed E-state index contributed by atoms with van der Waals surface area (Å²) in [5, 5.41) is 0.261. The zero-order valence-electron chi connectivity index (χ0n) is 11.0. The van der Waals surface area contributed by atoms with Gasteiger partial charge in [-0.05, 0) is 25.4 Å². The molecule has 1 aliphatic rings. The molecule has 0 amide bonds. The van der Waals surface area contributed by atoms with Crippen LogP contribution in [0.15, 0.2) is 6.33 Å². The lowest BCUT2D eigenvalue weighted by Crippen LogP contribution is -2.44. The highest BCUT2D eigenvalue weighted by atomic mass is 35.5. The number of aromatic nitrogens is 4. The van der Waals surface area contributed by atoms with Crippen molar-refractivity contribution in [1.82, 2.24) is 19.5 Å². The van der Waals surface area contributed by atoms with E-state index >= 15 is 0 Å². The van der Waals surface area contributed by atoms with Gasteiger partial charge in [0.25, 0.3) is 0 Å². The van der Waals surface area contributed by atoms with Crippen molar-refractivity contribution in [3.63, 3.8) is 0 Å². The highest BCUT2D eigenvalue weighted by Crippen LogP contribution is 2.26. The van der Waals surface area contributed by atoms with E-state index in [9.17, 15) is 0 Å². The van der Waals surface area contributed by atoms with Gasteiger partial charge < -0.3 is 14.2 Å². The van der Waals surface area contributed by atoms with Gasteiger partial charge in [0.1, 0.15) is 0 Å². The molecule has 1 aliphatic heterocycles. The first-order valence-electron chi connectivity index (χ1n) is 6.43. The molecule has 2 aromatic heterocycles. The Kier molecular flexibility index (Phi) is 3.28. The first-order chi connectivity index (χ1) is 9.20. The number of ether oxygens (including phenoxy) is 1. The third-order valence-corrected chi connectivity index (χ3v) is 3.57. The number of anilines is 1. The Morgan fingerprint density at radius 3 is 3.05 bits per heavy atom. The molecule has 19 heavy (non-hydrogen) atoms. The van der Waals surface area contributed by atoms with Crippen molar-refractivity contribution in [2.75, 3.05) is 24.7 Å². The molecule has 102 valence electrons. The van der Waals surface area contributed by atoms with Crippen LogP contribution < -0.4 is 4.90 Å². The van der Waals surface area contributed by atoms with Gasteiger partial charge in [-0.15, -0.1) is 0 Å². The quantitative estimate of drug-likeness (QED) is 0.785. The number of aryl methyl sites for hydroxylation is 1. The molecule has 1 saturated heterocycles. The summed E-state index contributed by atoms with van der Waals surface area (Å²) in [4.78, 5) is 15.3. The predicted molar refractivity (Wildman–Crippen MR) is 73.6 cm³/mol. The van der Waals surface area contributed by atoms with Crippen LogP contribution >= 0.6 is 11.6 Å². The van der Waals surface area contributed by atoms with Gasteiger partial charge in [0, 0.05) is 13.1 Å². The molecule has 3 heterocycles. The standard InChI is InChI=1S/C12H16ClN5O/c1-3-17-7-14-9-10(17)15-12(13)16-11(9)18-4-5-19-6-8(18)2/h7-8H,3-6H2,1-2H3/t8-/m1/s1. The monoisotopic (exact) mass is 281 g/mol. The van der Waals surface area contributed by atoms with Crippen molar-refractivity contribution >= 4 is 28.6 Å². The lowest BCUT2D eigenvalue weighted by Gasteiger charge is -2.34. The Morgan fingerprint density at radius 2 is 2.32 bits per heavy atom. The molecule has 0 N–H and O–H groups in total. The van der Waals surface area contributed by atoms with Gasteiger partial charge in [-0.3, -0.25) is 0 Å². The molecule has 2 aromatic rings. The van der Waals surface area contributed by atoms with Crippen molar-refractivity contribution < 1.29 is 4.74 Å². The lowest BCUT2D eigenvalue weighted by molar-refractivity contribution is 0.0986. The zero-order chi connectivity index (χ0) is 13.4. The highest BCUT2D eigenvalue weighted by molar-refractivity contribution is 6.28. The van der Waals surface area contributed by atoms with Crippen molar-refractivity contribution in [3.05, 3.63) is 11.6 Å². The molecule has 1 atom stereocenters. The van der Waals surface area contributed by atoms with Crippen molar-refractivity contribution in [2.24, 2.45) is 0 Å². The van der Waals surface area contributed by atoms with Crippen LogP contribution in [0, 0.1) is 0 Å². The molecule has 0 spiro atoms. The van der Waals surface area contributed by atoms with Gasteiger partial charge in [-0.25, -0.2) is 4.98 Å². The summed E-state index contributed by atoms with van der Waals surface area (Å²) in [6.07, 6.45) is 1.78. The summed E-state index contributed by atoms with van der Waals surface area (Å²) in [6, 6.07) is 0.259. The molecule has 0 aromatic carbocycles. The summed E-state index contributed by atoms with van der Waals surface area (Å²) in [5.74, 6) is 0.804. The number of morpholine rings is 1. The maximum Gasteiger partial charge on any atom is 0.226 e. The van der Waals surface area contributed by atoms with Crippen LogP contribution in [0.3, 0.4) is 0 Å². The Morgan fingerprint density at radius 1 is 1.47 bits per heavy atom. The fourth-order valence-electron chi connectivity index (χ4n) is 2.38. The molecule has 3 rings (SSSR count). The third kappa shape index (κ3) is 2.15. The third-order valence-electron chi connectivity index (χ3n) is 3.40. The van der Waals surface area contributed by atoms with Crippen LogP contribution in [0.4, 0.5) is 5.82 Å². The molecule has 0 bridgehead atoms. The molecule has 7 heteroatoms. The second-order valence-corrected chi connectivity index (χ2v) is 4.97. The summed E-state index contributed by atoms with van der Waals surface area (Å²) >= 11 is 6.06. The van der Waals surface area contributed by atoms with Crippen molar-refractivity contribution in [1.29, 1.82) is 0 Å². The second kappa shape index (κ2) is 4.94. The van der Waals surface area contributed by atoms with E-state index in [1.54, 1.807) is 6.33 Å². The maximum absolute atomic E-state index is 6.06. The molecule has 1 fully saturated rings. The number of rotatable bonds is 2. The van der Waals surface area contributed by atoms with Gasteiger partial charge >= 0.3 is 0 Å². The molecular formula is C12H16ClN5O. The van der Waals surface area contributed by atoms with Gasteiger partial charge in [0.2, 0.25) is 5.28 Å². The summed E-state index contributed by atoms with van der Waals surface area (Å²) in [5.41, 5.74) is 1.59. The van der Waals surface area contributed by atoms with E-state index in [4.69, 9.17) is 16.3 Å². The van der Waals surface area contributed by atoms with Crippen LogP contribution in [0.5, 0.6) is 0 Å². The van der Waals surface area contributed by atoms with Gasteiger partial charge in [0.15, 0.2) is 17.0 Å². The average molecular weight is 282 g/mol. The van der Waals surface area contributed by atoms with E-state index < -0.39 is 0 Å². The molecule has 0 aliphatic carbocycles. The fraction of sp³-hybridized carbons (Fsp3) is 0.583. The summed E-state index contributed by atoms with van der Waals surface area (Å²) in [7, 11) is 0. The van der Waals surface area contributed by atoms with Crippen LogP contribution in [0.1, 0.15) is 13.8 Å². The maximum atomic E-state index is 6.06. The minimum atomic E-state index is 0.259. The molecular weight excluding hydrogens is 266 g/mol. The van der Waals surface area contributed by atoms with Crippen molar-refractivity contribution in [2.45, 2.75) is 26.4 Å². The minimum absolute atomic E-state index is 0.259. The number of halogens is 1. The SMILES string of the molecule is CCn1cnc2c(N3CCOC[C@H]3C)nc(Cl)nc21. The molecule has 6 nitrogen and oxygen atoms in total. The first-order valence-corrected chi connectivity index (χ1v) is 6.81. The van der Waals surface area contributed by atoms with Crippen LogP contribution in [-0.2, 0) is 11.3 Å². The highest BCUT2D eigenvalue weighted by Gasteiger charge is 2.24. The van der Waals surface area contributed by atoms with E-state index in [0.717, 1.165) is 30.1 Å². The smallest absolute Gasteiger partial charge is 0.226 e. The number of hydrogen-bond acceptors (Lipinski definition) is 5. The number of imidazole rings is 1.